The molecule has 6 nitrogen and oxygen atoms in total. The highest BCUT2D eigenvalue weighted by atomic mass is 32.1. The van der Waals surface area contributed by atoms with Crippen LogP contribution in [0.2, 0.25) is 0 Å². The molecule has 1 aromatic carbocycles. The Hall–Kier alpha value is -2.67. The van der Waals surface area contributed by atoms with E-state index in [0.717, 1.165) is 22.5 Å². The first kappa shape index (κ1) is 14.3. The van der Waals surface area contributed by atoms with Crippen LogP contribution < -0.4 is 11.2 Å². The van der Waals surface area contributed by atoms with Crippen LogP contribution in [0.5, 0.6) is 0 Å². The second kappa shape index (κ2) is 5.98. The number of urea groups is 1. The van der Waals surface area contributed by atoms with E-state index in [9.17, 15) is 4.79 Å². The molecule has 0 aliphatic rings. The minimum absolute atomic E-state index is 0.672. The predicted molar refractivity (Wildman–Crippen MR) is 88.2 cm³/mol. The SMILES string of the molecule is Cc1sc(C=NNC(N)=O)cc1Cn1cnc2ccccc21. The van der Waals surface area contributed by atoms with E-state index in [4.69, 9.17) is 5.73 Å². The number of aromatic nitrogens is 2. The number of aryl methyl sites for hydroxylation is 1. The number of nitrogens with two attached hydrogens (primary N) is 1. The number of benzene rings is 1. The van der Waals surface area contributed by atoms with Crippen molar-refractivity contribution in [3.05, 3.63) is 52.0 Å². The average molecular weight is 313 g/mol. The Kier molecular flexibility index (Phi) is 3.88. The van der Waals surface area contributed by atoms with Gasteiger partial charge in [0.1, 0.15) is 0 Å². The van der Waals surface area contributed by atoms with Gasteiger partial charge in [0.2, 0.25) is 0 Å². The lowest BCUT2D eigenvalue weighted by Crippen LogP contribution is -2.24. The van der Waals surface area contributed by atoms with Crippen LogP contribution in [-0.4, -0.2) is 21.8 Å². The summed E-state index contributed by atoms with van der Waals surface area (Å²) in [7, 11) is 0. The normalized spacial score (nSPS) is 11.3. The van der Waals surface area contributed by atoms with Gasteiger partial charge in [0.05, 0.1) is 30.1 Å². The molecule has 0 atom stereocenters. The van der Waals surface area contributed by atoms with Crippen LogP contribution in [0, 0.1) is 6.92 Å². The van der Waals surface area contributed by atoms with E-state index in [1.165, 1.54) is 10.4 Å². The molecule has 0 saturated heterocycles. The van der Waals surface area contributed by atoms with E-state index in [-0.39, 0.29) is 0 Å². The van der Waals surface area contributed by atoms with Gasteiger partial charge in [0, 0.05) is 9.75 Å². The number of hydrogen-bond acceptors (Lipinski definition) is 4. The minimum atomic E-state index is -0.672. The van der Waals surface area contributed by atoms with E-state index in [1.54, 1.807) is 17.6 Å². The minimum Gasteiger partial charge on any atom is -0.350 e. The number of para-hydroxylation sites is 2. The van der Waals surface area contributed by atoms with Gasteiger partial charge in [-0.3, -0.25) is 0 Å². The molecule has 0 bridgehead atoms. The summed E-state index contributed by atoms with van der Waals surface area (Å²) in [6.07, 6.45) is 3.45. The number of nitrogens with one attached hydrogen (secondary N) is 1. The third-order valence-electron chi connectivity index (χ3n) is 3.27. The number of amides is 2. The number of hydrogen-bond donors (Lipinski definition) is 2. The summed E-state index contributed by atoms with van der Waals surface area (Å²) in [5.74, 6) is 0. The first-order valence-electron chi connectivity index (χ1n) is 6.71. The number of imidazole rings is 1. The van der Waals surface area contributed by atoms with E-state index < -0.39 is 6.03 Å². The van der Waals surface area contributed by atoms with Crippen molar-refractivity contribution in [1.82, 2.24) is 15.0 Å². The first-order chi connectivity index (χ1) is 10.6. The number of carbonyl (C=O) groups excluding carboxylic acids is 1. The zero-order valence-corrected chi connectivity index (χ0v) is 12.8. The molecule has 0 spiro atoms. The van der Waals surface area contributed by atoms with E-state index in [2.05, 4.69) is 39.1 Å². The molecular formula is C15H15N5OS. The first-order valence-corrected chi connectivity index (χ1v) is 7.53. The Labute approximate surface area is 131 Å². The van der Waals surface area contributed by atoms with Crippen molar-refractivity contribution in [2.45, 2.75) is 13.5 Å². The van der Waals surface area contributed by atoms with Crippen LogP contribution in [0.3, 0.4) is 0 Å². The number of hydrazone groups is 1. The molecule has 3 N–H and O–H groups in total. The molecule has 0 radical (unpaired) electrons. The monoisotopic (exact) mass is 313 g/mol. The van der Waals surface area contributed by atoms with Crippen molar-refractivity contribution in [2.24, 2.45) is 10.8 Å². The molecule has 3 rings (SSSR count). The van der Waals surface area contributed by atoms with E-state index in [1.807, 2.05) is 24.5 Å². The summed E-state index contributed by atoms with van der Waals surface area (Å²) >= 11 is 1.62. The standard InChI is InChI=1S/C15H15N5OS/c1-10-11(6-12(22-10)7-18-19-15(16)21)8-20-9-17-13-4-2-3-5-14(13)20/h2-7,9H,8H2,1H3,(H3,16,19,21). The summed E-state index contributed by atoms with van der Waals surface area (Å²) in [5, 5.41) is 3.78. The zero-order chi connectivity index (χ0) is 15.5. The van der Waals surface area contributed by atoms with Crippen molar-refractivity contribution >= 4 is 34.6 Å². The quantitative estimate of drug-likeness (QED) is 0.572. The number of rotatable bonds is 4. The Bertz CT molecular complexity index is 849. The number of thiophene rings is 1. The lowest BCUT2D eigenvalue weighted by molar-refractivity contribution is 0.249. The third-order valence-corrected chi connectivity index (χ3v) is 4.30. The fraction of sp³-hybridized carbons (Fsp3) is 0.133. The Morgan fingerprint density at radius 2 is 2.32 bits per heavy atom. The molecule has 3 aromatic rings. The summed E-state index contributed by atoms with van der Waals surface area (Å²) in [5.41, 5.74) is 10.5. The van der Waals surface area contributed by atoms with Crippen LogP contribution in [0.25, 0.3) is 11.0 Å². The van der Waals surface area contributed by atoms with Gasteiger partial charge in [0.25, 0.3) is 0 Å². The third kappa shape index (κ3) is 2.99. The molecule has 2 heterocycles. The van der Waals surface area contributed by atoms with Crippen LogP contribution in [0.1, 0.15) is 15.3 Å². The lowest BCUT2D eigenvalue weighted by atomic mass is 10.2. The van der Waals surface area contributed by atoms with Crippen molar-refractivity contribution in [1.29, 1.82) is 0 Å². The topological polar surface area (TPSA) is 85.3 Å². The van der Waals surface area contributed by atoms with Crippen LogP contribution in [0.4, 0.5) is 4.79 Å². The van der Waals surface area contributed by atoms with Gasteiger partial charge in [-0.05, 0) is 30.7 Å². The van der Waals surface area contributed by atoms with Crippen LogP contribution in [0.15, 0.2) is 41.8 Å². The van der Waals surface area contributed by atoms with Crippen molar-refractivity contribution in [3.8, 4) is 0 Å². The second-order valence-electron chi connectivity index (χ2n) is 4.83. The lowest BCUT2D eigenvalue weighted by Gasteiger charge is -2.03. The number of primary amides is 1. The maximum atomic E-state index is 10.6. The smallest absolute Gasteiger partial charge is 0.332 e. The highest BCUT2D eigenvalue weighted by molar-refractivity contribution is 7.13. The molecule has 22 heavy (non-hydrogen) atoms. The van der Waals surface area contributed by atoms with Gasteiger partial charge in [-0.1, -0.05) is 12.1 Å². The van der Waals surface area contributed by atoms with Gasteiger partial charge >= 0.3 is 6.03 Å². The molecule has 0 aliphatic heterocycles. The molecule has 0 aliphatic carbocycles. The predicted octanol–water partition coefficient (Wildman–Crippen LogP) is 2.46. The van der Waals surface area contributed by atoms with Gasteiger partial charge in [-0.25, -0.2) is 15.2 Å². The summed E-state index contributed by atoms with van der Waals surface area (Å²) in [6.45, 7) is 2.82. The molecule has 0 fully saturated rings. The van der Waals surface area contributed by atoms with E-state index in [0.29, 0.717) is 0 Å². The summed E-state index contributed by atoms with van der Waals surface area (Å²) < 4.78 is 2.12. The number of nitrogens with zero attached hydrogens (tertiary/aromatic N) is 3. The summed E-state index contributed by atoms with van der Waals surface area (Å²) in [4.78, 5) is 17.2. The number of carbonyl (C=O) groups is 1. The zero-order valence-electron chi connectivity index (χ0n) is 12.0. The molecule has 7 heteroatoms. The van der Waals surface area contributed by atoms with Crippen molar-refractivity contribution in [2.75, 3.05) is 0 Å². The van der Waals surface area contributed by atoms with Crippen molar-refractivity contribution < 1.29 is 4.79 Å². The van der Waals surface area contributed by atoms with Crippen LogP contribution in [-0.2, 0) is 6.54 Å². The highest BCUT2D eigenvalue weighted by Gasteiger charge is 2.07. The number of fused-ring (bicyclic) bond motifs is 1. The maximum absolute atomic E-state index is 10.6. The average Bonchev–Trinajstić information content (AvgIpc) is 3.04. The van der Waals surface area contributed by atoms with Gasteiger partial charge in [-0.2, -0.15) is 5.10 Å². The summed E-state index contributed by atoms with van der Waals surface area (Å²) in [6, 6.07) is 9.43. The van der Waals surface area contributed by atoms with Gasteiger partial charge < -0.3 is 10.3 Å². The molecule has 0 unspecified atom stereocenters. The molecule has 0 saturated carbocycles. The van der Waals surface area contributed by atoms with Gasteiger partial charge in [0.15, 0.2) is 0 Å². The largest absolute Gasteiger partial charge is 0.350 e. The molecular weight excluding hydrogens is 298 g/mol. The maximum Gasteiger partial charge on any atom is 0.332 e. The fourth-order valence-corrected chi connectivity index (χ4v) is 3.16. The molecule has 2 amide bonds. The van der Waals surface area contributed by atoms with Gasteiger partial charge in [-0.15, -0.1) is 11.3 Å². The van der Waals surface area contributed by atoms with Crippen LogP contribution >= 0.6 is 11.3 Å². The Balaban J connectivity index is 1.82. The van der Waals surface area contributed by atoms with Crippen molar-refractivity contribution in [3.63, 3.8) is 0 Å². The van der Waals surface area contributed by atoms with E-state index >= 15 is 0 Å². The molecule has 2 aromatic heterocycles. The Morgan fingerprint density at radius 1 is 1.50 bits per heavy atom. The highest BCUT2D eigenvalue weighted by Crippen LogP contribution is 2.22. The molecule has 112 valence electrons. The second-order valence-corrected chi connectivity index (χ2v) is 6.11. The fourth-order valence-electron chi connectivity index (χ4n) is 2.25. The Morgan fingerprint density at radius 3 is 3.14 bits per heavy atom.